The average Bonchev–Trinajstić information content (AvgIpc) is 2.49. The largest absolute Gasteiger partial charge is 0.495 e. The lowest BCUT2D eigenvalue weighted by Crippen LogP contribution is -2.22. The summed E-state index contributed by atoms with van der Waals surface area (Å²) in [5.74, 6) is 0.402. The first kappa shape index (κ1) is 16.5. The number of hydrogen-bond acceptors (Lipinski definition) is 3. The Hall–Kier alpha value is -1.91. The van der Waals surface area contributed by atoms with Crippen LogP contribution in [0.25, 0.3) is 0 Å². The molecule has 0 aliphatic heterocycles. The van der Waals surface area contributed by atoms with Crippen molar-refractivity contribution < 1.29 is 9.53 Å². The van der Waals surface area contributed by atoms with Gasteiger partial charge >= 0.3 is 0 Å². The molecule has 0 saturated heterocycles. The quantitative estimate of drug-likeness (QED) is 0.851. The minimum Gasteiger partial charge on any atom is -0.495 e. The molecule has 22 heavy (non-hydrogen) atoms. The van der Waals surface area contributed by atoms with Gasteiger partial charge in [-0.05, 0) is 36.8 Å². The Kier molecular flexibility index (Phi) is 5.52. The van der Waals surface area contributed by atoms with Gasteiger partial charge in [0.2, 0.25) is 5.91 Å². The molecule has 2 aromatic rings. The van der Waals surface area contributed by atoms with Gasteiger partial charge in [-0.15, -0.1) is 0 Å². The highest BCUT2D eigenvalue weighted by Crippen LogP contribution is 2.29. The highest BCUT2D eigenvalue weighted by atomic mass is 35.5. The molecule has 6 heteroatoms. The third-order valence-electron chi connectivity index (χ3n) is 3.02. The van der Waals surface area contributed by atoms with Crippen LogP contribution in [0.15, 0.2) is 36.4 Å². The molecule has 4 nitrogen and oxygen atoms in total. The molecule has 0 radical (unpaired) electrons. The van der Waals surface area contributed by atoms with Crippen molar-refractivity contribution in [3.05, 3.63) is 52.0 Å². The van der Waals surface area contributed by atoms with Crippen molar-refractivity contribution in [1.29, 1.82) is 0 Å². The van der Waals surface area contributed by atoms with Gasteiger partial charge in [0.15, 0.2) is 0 Å². The fourth-order valence-electron chi connectivity index (χ4n) is 1.93. The molecule has 0 saturated carbocycles. The van der Waals surface area contributed by atoms with E-state index in [1.54, 1.807) is 25.3 Å². The number of carbonyl (C=O) groups excluding carboxylic acids is 1. The Morgan fingerprint density at radius 3 is 2.68 bits per heavy atom. The van der Waals surface area contributed by atoms with Gasteiger partial charge in [0.25, 0.3) is 0 Å². The maximum absolute atomic E-state index is 12.1. The summed E-state index contributed by atoms with van der Waals surface area (Å²) in [6.45, 7) is 2.01. The van der Waals surface area contributed by atoms with E-state index < -0.39 is 0 Å². The summed E-state index contributed by atoms with van der Waals surface area (Å²) >= 11 is 12.0. The van der Waals surface area contributed by atoms with Crippen LogP contribution in [0.3, 0.4) is 0 Å². The van der Waals surface area contributed by atoms with E-state index in [4.69, 9.17) is 27.9 Å². The van der Waals surface area contributed by atoms with Crippen LogP contribution in [-0.4, -0.2) is 19.6 Å². The fourth-order valence-corrected chi connectivity index (χ4v) is 2.30. The normalized spacial score (nSPS) is 10.2. The van der Waals surface area contributed by atoms with Crippen molar-refractivity contribution in [1.82, 2.24) is 0 Å². The number of benzene rings is 2. The second-order valence-electron chi connectivity index (χ2n) is 4.71. The molecule has 0 unspecified atom stereocenters. The summed E-state index contributed by atoms with van der Waals surface area (Å²) < 4.78 is 5.23. The molecular formula is C16H16Cl2N2O2. The predicted octanol–water partition coefficient (Wildman–Crippen LogP) is 4.36. The van der Waals surface area contributed by atoms with Gasteiger partial charge < -0.3 is 15.4 Å². The molecule has 0 spiro atoms. The molecule has 0 aromatic heterocycles. The van der Waals surface area contributed by atoms with Gasteiger partial charge in [0.05, 0.1) is 35.1 Å². The zero-order valence-corrected chi connectivity index (χ0v) is 13.8. The van der Waals surface area contributed by atoms with Crippen LogP contribution >= 0.6 is 23.2 Å². The first-order chi connectivity index (χ1) is 10.5. The van der Waals surface area contributed by atoms with Crippen molar-refractivity contribution >= 4 is 40.5 Å². The number of halogens is 2. The van der Waals surface area contributed by atoms with Gasteiger partial charge in [-0.2, -0.15) is 0 Å². The van der Waals surface area contributed by atoms with E-state index in [0.29, 0.717) is 27.2 Å². The standard InChI is InChI=1S/C16H16Cl2N2O2/c1-10-6-7-14(22-2)13(8-10)20-15(21)9-19-12-5-3-4-11(17)16(12)18/h3-8,19H,9H2,1-2H3,(H,20,21). The molecular weight excluding hydrogens is 323 g/mol. The number of carbonyl (C=O) groups is 1. The van der Waals surface area contributed by atoms with Crippen LogP contribution in [0.5, 0.6) is 5.75 Å². The molecule has 0 atom stereocenters. The molecule has 2 rings (SSSR count). The number of amides is 1. The first-order valence-corrected chi connectivity index (χ1v) is 7.39. The number of rotatable bonds is 5. The smallest absolute Gasteiger partial charge is 0.243 e. The Morgan fingerprint density at radius 1 is 1.18 bits per heavy atom. The van der Waals surface area contributed by atoms with E-state index >= 15 is 0 Å². The number of aryl methyl sites for hydroxylation is 1. The summed E-state index contributed by atoms with van der Waals surface area (Å²) in [5, 5.41) is 6.59. The SMILES string of the molecule is COc1ccc(C)cc1NC(=O)CNc1cccc(Cl)c1Cl. The molecule has 0 aliphatic carbocycles. The average molecular weight is 339 g/mol. The van der Waals surface area contributed by atoms with Crippen LogP contribution in [0.4, 0.5) is 11.4 Å². The van der Waals surface area contributed by atoms with E-state index in [1.165, 1.54) is 0 Å². The van der Waals surface area contributed by atoms with E-state index in [0.717, 1.165) is 5.56 Å². The first-order valence-electron chi connectivity index (χ1n) is 6.63. The number of ether oxygens (including phenoxy) is 1. The van der Waals surface area contributed by atoms with Crippen LogP contribution in [0.2, 0.25) is 10.0 Å². The summed E-state index contributed by atoms with van der Waals surface area (Å²) in [4.78, 5) is 12.1. The third-order valence-corrected chi connectivity index (χ3v) is 3.84. The maximum atomic E-state index is 12.1. The van der Waals surface area contributed by atoms with Crippen molar-refractivity contribution in [2.75, 3.05) is 24.3 Å². The molecule has 0 bridgehead atoms. The molecule has 0 heterocycles. The van der Waals surface area contributed by atoms with Gasteiger partial charge in [-0.1, -0.05) is 35.3 Å². The van der Waals surface area contributed by atoms with Gasteiger partial charge in [-0.3, -0.25) is 4.79 Å². The Labute approximate surface area is 139 Å². The van der Waals surface area contributed by atoms with E-state index in [-0.39, 0.29) is 12.5 Å². The lowest BCUT2D eigenvalue weighted by molar-refractivity contribution is -0.114. The van der Waals surface area contributed by atoms with E-state index in [1.807, 2.05) is 25.1 Å². The Morgan fingerprint density at radius 2 is 1.95 bits per heavy atom. The van der Waals surface area contributed by atoms with Crippen molar-refractivity contribution in [2.24, 2.45) is 0 Å². The lowest BCUT2D eigenvalue weighted by Gasteiger charge is -2.12. The maximum Gasteiger partial charge on any atom is 0.243 e. The predicted molar refractivity (Wildman–Crippen MR) is 91.3 cm³/mol. The number of anilines is 2. The van der Waals surface area contributed by atoms with Crippen LogP contribution in [0.1, 0.15) is 5.56 Å². The van der Waals surface area contributed by atoms with Gasteiger partial charge in [-0.25, -0.2) is 0 Å². The van der Waals surface area contributed by atoms with Gasteiger partial charge in [0.1, 0.15) is 5.75 Å². The summed E-state index contributed by atoms with van der Waals surface area (Å²) in [7, 11) is 1.56. The van der Waals surface area contributed by atoms with Crippen molar-refractivity contribution in [3.63, 3.8) is 0 Å². The summed E-state index contributed by atoms with van der Waals surface area (Å²) in [5.41, 5.74) is 2.27. The molecule has 0 aliphatic rings. The van der Waals surface area contributed by atoms with Crippen LogP contribution in [-0.2, 0) is 4.79 Å². The monoisotopic (exact) mass is 338 g/mol. The van der Waals surface area contributed by atoms with E-state index in [9.17, 15) is 4.79 Å². The minimum atomic E-state index is -0.208. The summed E-state index contributed by atoms with van der Waals surface area (Å²) in [6.07, 6.45) is 0. The molecule has 2 N–H and O–H groups in total. The molecule has 0 fully saturated rings. The number of methoxy groups -OCH3 is 1. The van der Waals surface area contributed by atoms with Crippen LogP contribution in [0, 0.1) is 6.92 Å². The zero-order chi connectivity index (χ0) is 16.1. The van der Waals surface area contributed by atoms with Gasteiger partial charge in [0, 0.05) is 0 Å². The molecule has 116 valence electrons. The minimum absolute atomic E-state index is 0.0666. The molecule has 1 amide bonds. The second kappa shape index (κ2) is 7.38. The molecule has 2 aromatic carbocycles. The fraction of sp³-hybridized carbons (Fsp3) is 0.188. The number of hydrogen-bond donors (Lipinski definition) is 2. The zero-order valence-electron chi connectivity index (χ0n) is 12.2. The summed E-state index contributed by atoms with van der Waals surface area (Å²) in [6, 6.07) is 10.8. The van der Waals surface area contributed by atoms with E-state index in [2.05, 4.69) is 10.6 Å². The Bertz CT molecular complexity index is 690. The van der Waals surface area contributed by atoms with Crippen LogP contribution < -0.4 is 15.4 Å². The highest BCUT2D eigenvalue weighted by Gasteiger charge is 2.09. The second-order valence-corrected chi connectivity index (χ2v) is 5.49. The highest BCUT2D eigenvalue weighted by molar-refractivity contribution is 6.43. The van der Waals surface area contributed by atoms with Crippen molar-refractivity contribution in [3.8, 4) is 5.75 Å². The number of nitrogens with one attached hydrogen (secondary N) is 2. The third kappa shape index (κ3) is 4.06. The topological polar surface area (TPSA) is 50.4 Å². The van der Waals surface area contributed by atoms with Crippen molar-refractivity contribution in [2.45, 2.75) is 6.92 Å². The Balaban J connectivity index is 2.02. The lowest BCUT2D eigenvalue weighted by atomic mass is 10.2.